The van der Waals surface area contributed by atoms with Crippen molar-refractivity contribution in [3.05, 3.63) is 98.9 Å². The van der Waals surface area contributed by atoms with Crippen molar-refractivity contribution in [3.8, 4) is 11.5 Å². The lowest BCUT2D eigenvalue weighted by atomic mass is 9.97. The second-order valence-electron chi connectivity index (χ2n) is 8.63. The van der Waals surface area contributed by atoms with Gasteiger partial charge in [0.15, 0.2) is 16.9 Å². The van der Waals surface area contributed by atoms with Crippen LogP contribution >= 0.6 is 0 Å². The van der Waals surface area contributed by atoms with Crippen molar-refractivity contribution in [2.45, 2.75) is 19.9 Å². The van der Waals surface area contributed by atoms with E-state index < -0.39 is 17.9 Å². The van der Waals surface area contributed by atoms with Crippen molar-refractivity contribution in [2.24, 2.45) is 0 Å². The Labute approximate surface area is 213 Å². The van der Waals surface area contributed by atoms with Crippen LogP contribution < -0.4 is 19.8 Å². The van der Waals surface area contributed by atoms with E-state index in [0.717, 1.165) is 5.56 Å². The van der Waals surface area contributed by atoms with Crippen molar-refractivity contribution in [1.29, 1.82) is 0 Å². The molecule has 37 heavy (non-hydrogen) atoms. The largest absolute Gasteiger partial charge is 0.493 e. The van der Waals surface area contributed by atoms with Crippen LogP contribution in [0.15, 0.2) is 69.9 Å². The molecule has 0 saturated heterocycles. The number of fused-ring (bicyclic) bond motifs is 2. The predicted molar refractivity (Wildman–Crippen MR) is 138 cm³/mol. The van der Waals surface area contributed by atoms with Crippen LogP contribution in [0, 0.1) is 6.92 Å². The van der Waals surface area contributed by atoms with Crippen molar-refractivity contribution < 1.29 is 28.2 Å². The van der Waals surface area contributed by atoms with Crippen LogP contribution in [-0.2, 0) is 4.74 Å². The standard InChI is InChI=1S/C29H25NO7/c1-5-36-29(33)17-7-10-19(11-8-17)30-25(18-9-13-22(34-3)23(15-18)35-4)24-26(31)20-14-16(2)6-12-21(20)37-27(24)28(30)32/h6-15,25H,5H2,1-4H3. The van der Waals surface area contributed by atoms with E-state index in [1.165, 1.54) is 19.1 Å². The molecule has 0 saturated carbocycles. The fourth-order valence-electron chi connectivity index (χ4n) is 4.66. The van der Waals surface area contributed by atoms with Gasteiger partial charge in [0, 0.05) is 5.69 Å². The van der Waals surface area contributed by atoms with Gasteiger partial charge in [0.05, 0.1) is 43.4 Å². The molecule has 1 amide bonds. The molecule has 1 aliphatic rings. The van der Waals surface area contributed by atoms with Crippen LogP contribution in [0.3, 0.4) is 0 Å². The van der Waals surface area contributed by atoms with Gasteiger partial charge >= 0.3 is 5.97 Å². The number of amides is 1. The van der Waals surface area contributed by atoms with Crippen LogP contribution in [0.1, 0.15) is 50.6 Å². The normalized spacial score (nSPS) is 14.5. The van der Waals surface area contributed by atoms with E-state index in [1.807, 2.05) is 13.0 Å². The monoisotopic (exact) mass is 499 g/mol. The number of anilines is 1. The zero-order valence-electron chi connectivity index (χ0n) is 20.9. The molecule has 5 rings (SSSR count). The van der Waals surface area contributed by atoms with E-state index >= 15 is 0 Å². The summed E-state index contributed by atoms with van der Waals surface area (Å²) < 4.78 is 22.0. The molecule has 1 atom stereocenters. The van der Waals surface area contributed by atoms with Crippen molar-refractivity contribution in [1.82, 2.24) is 0 Å². The highest BCUT2D eigenvalue weighted by atomic mass is 16.5. The van der Waals surface area contributed by atoms with Gasteiger partial charge in [-0.15, -0.1) is 0 Å². The Morgan fingerprint density at radius 2 is 1.68 bits per heavy atom. The number of carbonyl (C=O) groups excluding carboxylic acids is 2. The molecule has 188 valence electrons. The SMILES string of the molecule is CCOC(=O)c1ccc(N2C(=O)c3oc4ccc(C)cc4c(=O)c3C2c2ccc(OC)c(OC)c2)cc1. The van der Waals surface area contributed by atoms with Crippen molar-refractivity contribution in [3.63, 3.8) is 0 Å². The van der Waals surface area contributed by atoms with Crippen LogP contribution in [-0.4, -0.2) is 32.7 Å². The number of nitrogens with zero attached hydrogens (tertiary/aromatic N) is 1. The van der Waals surface area contributed by atoms with E-state index in [9.17, 15) is 14.4 Å². The minimum absolute atomic E-state index is 0.0180. The summed E-state index contributed by atoms with van der Waals surface area (Å²) in [6.45, 7) is 3.87. The molecule has 1 aromatic heterocycles. The maximum atomic E-state index is 13.8. The molecule has 0 radical (unpaired) electrons. The fourth-order valence-corrected chi connectivity index (χ4v) is 4.66. The fraction of sp³-hybridized carbons (Fsp3) is 0.207. The van der Waals surface area contributed by atoms with Gasteiger partial charge in [0.25, 0.3) is 5.91 Å². The first-order valence-corrected chi connectivity index (χ1v) is 11.8. The molecule has 4 aromatic rings. The number of aryl methyl sites for hydroxylation is 1. The zero-order chi connectivity index (χ0) is 26.3. The maximum absolute atomic E-state index is 13.8. The molecule has 1 aliphatic heterocycles. The summed E-state index contributed by atoms with van der Waals surface area (Å²) >= 11 is 0. The maximum Gasteiger partial charge on any atom is 0.338 e. The highest BCUT2D eigenvalue weighted by Gasteiger charge is 2.44. The third-order valence-corrected chi connectivity index (χ3v) is 6.41. The summed E-state index contributed by atoms with van der Waals surface area (Å²) in [6, 6.07) is 16.2. The third kappa shape index (κ3) is 4.00. The van der Waals surface area contributed by atoms with Crippen LogP contribution in [0.4, 0.5) is 5.69 Å². The van der Waals surface area contributed by atoms with Crippen molar-refractivity contribution >= 4 is 28.5 Å². The summed E-state index contributed by atoms with van der Waals surface area (Å²) in [7, 11) is 3.05. The number of benzene rings is 3. The van der Waals surface area contributed by atoms with E-state index in [1.54, 1.807) is 61.5 Å². The molecule has 8 nitrogen and oxygen atoms in total. The number of ether oxygens (including phenoxy) is 3. The van der Waals surface area contributed by atoms with Crippen LogP contribution in [0.25, 0.3) is 11.0 Å². The highest BCUT2D eigenvalue weighted by Crippen LogP contribution is 2.43. The van der Waals surface area contributed by atoms with E-state index in [4.69, 9.17) is 18.6 Å². The Hall–Kier alpha value is -4.59. The van der Waals surface area contributed by atoms with Gasteiger partial charge in [-0.05, 0) is 67.9 Å². The summed E-state index contributed by atoms with van der Waals surface area (Å²) in [6.07, 6.45) is 0. The quantitative estimate of drug-likeness (QED) is 0.343. The number of methoxy groups -OCH3 is 2. The van der Waals surface area contributed by atoms with Gasteiger partial charge < -0.3 is 18.6 Å². The highest BCUT2D eigenvalue weighted by molar-refractivity contribution is 6.11. The Balaban J connectivity index is 1.73. The van der Waals surface area contributed by atoms with Crippen LogP contribution in [0.2, 0.25) is 0 Å². The summed E-state index contributed by atoms with van der Waals surface area (Å²) in [5.41, 5.74) is 2.69. The van der Waals surface area contributed by atoms with Gasteiger partial charge in [-0.1, -0.05) is 17.7 Å². The Bertz CT molecular complexity index is 1590. The van der Waals surface area contributed by atoms with E-state index in [2.05, 4.69) is 0 Å². The number of carbonyl (C=O) groups is 2. The molecular weight excluding hydrogens is 474 g/mol. The molecule has 1 unspecified atom stereocenters. The lowest BCUT2D eigenvalue weighted by molar-refractivity contribution is 0.0526. The molecule has 3 aromatic carbocycles. The minimum Gasteiger partial charge on any atom is -0.493 e. The minimum atomic E-state index is -0.795. The Kier molecular flexibility index (Phi) is 6.17. The lowest BCUT2D eigenvalue weighted by Crippen LogP contribution is -2.29. The molecule has 0 aliphatic carbocycles. The summed E-state index contributed by atoms with van der Waals surface area (Å²) in [5, 5.41) is 0.400. The van der Waals surface area contributed by atoms with Gasteiger partial charge in [-0.25, -0.2) is 4.79 Å². The summed E-state index contributed by atoms with van der Waals surface area (Å²) in [5.74, 6) is 0.0377. The molecular formula is C29H25NO7. The topological polar surface area (TPSA) is 95.3 Å². The molecule has 0 fully saturated rings. The van der Waals surface area contributed by atoms with Crippen LogP contribution in [0.5, 0.6) is 11.5 Å². The first-order valence-electron chi connectivity index (χ1n) is 11.8. The first-order chi connectivity index (χ1) is 17.9. The Morgan fingerprint density at radius 3 is 2.35 bits per heavy atom. The first kappa shape index (κ1) is 24.1. The Morgan fingerprint density at radius 1 is 0.946 bits per heavy atom. The number of hydrogen-bond donors (Lipinski definition) is 0. The molecule has 0 bridgehead atoms. The third-order valence-electron chi connectivity index (χ3n) is 6.41. The average molecular weight is 500 g/mol. The zero-order valence-corrected chi connectivity index (χ0v) is 20.9. The second-order valence-corrected chi connectivity index (χ2v) is 8.63. The van der Waals surface area contributed by atoms with E-state index in [-0.39, 0.29) is 23.4 Å². The average Bonchev–Trinajstić information content (AvgIpc) is 3.21. The summed E-state index contributed by atoms with van der Waals surface area (Å²) in [4.78, 5) is 41.3. The van der Waals surface area contributed by atoms with Gasteiger partial charge in [-0.3, -0.25) is 14.5 Å². The number of esters is 1. The van der Waals surface area contributed by atoms with E-state index in [0.29, 0.717) is 39.3 Å². The van der Waals surface area contributed by atoms with Crippen molar-refractivity contribution in [2.75, 3.05) is 25.7 Å². The number of hydrogen-bond acceptors (Lipinski definition) is 7. The predicted octanol–water partition coefficient (Wildman–Crippen LogP) is 5.05. The lowest BCUT2D eigenvalue weighted by Gasteiger charge is -2.26. The van der Waals surface area contributed by atoms with Gasteiger partial charge in [0.1, 0.15) is 5.58 Å². The second kappa shape index (κ2) is 9.46. The smallest absolute Gasteiger partial charge is 0.338 e. The molecule has 0 N–H and O–H groups in total. The molecule has 2 heterocycles. The molecule has 0 spiro atoms. The van der Waals surface area contributed by atoms with Gasteiger partial charge in [0.2, 0.25) is 5.76 Å². The molecule has 8 heteroatoms. The van der Waals surface area contributed by atoms with Gasteiger partial charge in [-0.2, -0.15) is 0 Å². The number of rotatable bonds is 6.